The summed E-state index contributed by atoms with van der Waals surface area (Å²) in [5.74, 6) is 2.22. The van der Waals surface area contributed by atoms with Gasteiger partial charge in [0.25, 0.3) is 5.91 Å². The molecule has 2 fully saturated rings. The summed E-state index contributed by atoms with van der Waals surface area (Å²) in [5, 5.41) is 3.84. The molecule has 1 heterocycles. The van der Waals surface area contributed by atoms with Gasteiger partial charge in [-0.15, -0.1) is 0 Å². The van der Waals surface area contributed by atoms with Crippen molar-refractivity contribution >= 4 is 5.91 Å². The number of fused-ring (bicyclic) bond motifs is 1. The SMILES string of the molecule is Cc1cc(C(=O)N(C)C2C[C@H]3CC(N(C)C)C[C@H]3C2)no1. The predicted octanol–water partition coefficient (Wildman–Crippen LogP) is 2.17. The van der Waals surface area contributed by atoms with Gasteiger partial charge in [-0.05, 0) is 58.5 Å². The van der Waals surface area contributed by atoms with E-state index in [1.54, 1.807) is 6.07 Å². The maximum atomic E-state index is 12.4. The summed E-state index contributed by atoms with van der Waals surface area (Å²) in [6.45, 7) is 1.81. The third kappa shape index (κ3) is 2.71. The van der Waals surface area contributed by atoms with Crippen LogP contribution in [0.3, 0.4) is 0 Å². The van der Waals surface area contributed by atoms with Gasteiger partial charge in [0.2, 0.25) is 0 Å². The smallest absolute Gasteiger partial charge is 0.276 e. The third-order valence-corrected chi connectivity index (χ3v) is 5.41. The van der Waals surface area contributed by atoms with Gasteiger partial charge < -0.3 is 14.3 Å². The molecule has 5 nitrogen and oxygen atoms in total. The lowest BCUT2D eigenvalue weighted by Gasteiger charge is -2.26. The summed E-state index contributed by atoms with van der Waals surface area (Å²) in [6.07, 6.45) is 4.82. The Kier molecular flexibility index (Phi) is 3.78. The first-order chi connectivity index (χ1) is 9.95. The second-order valence-electron chi connectivity index (χ2n) is 6.97. The minimum atomic E-state index is -0.0130. The molecule has 1 aromatic rings. The number of aromatic nitrogens is 1. The number of carbonyl (C=O) groups excluding carboxylic acids is 1. The van der Waals surface area contributed by atoms with Crippen molar-refractivity contribution in [1.82, 2.24) is 15.0 Å². The molecule has 3 rings (SSSR count). The highest BCUT2D eigenvalue weighted by atomic mass is 16.5. The predicted molar refractivity (Wildman–Crippen MR) is 80.0 cm³/mol. The van der Waals surface area contributed by atoms with Crippen LogP contribution >= 0.6 is 0 Å². The van der Waals surface area contributed by atoms with E-state index in [1.165, 1.54) is 12.8 Å². The maximum absolute atomic E-state index is 12.4. The molecule has 0 spiro atoms. The van der Waals surface area contributed by atoms with Crippen molar-refractivity contribution in [3.05, 3.63) is 17.5 Å². The maximum Gasteiger partial charge on any atom is 0.276 e. The minimum Gasteiger partial charge on any atom is -0.361 e. The Morgan fingerprint density at radius 2 is 1.71 bits per heavy atom. The van der Waals surface area contributed by atoms with Crippen LogP contribution in [0.5, 0.6) is 0 Å². The summed E-state index contributed by atoms with van der Waals surface area (Å²) in [7, 11) is 6.25. The van der Waals surface area contributed by atoms with E-state index in [9.17, 15) is 4.79 Å². The molecule has 21 heavy (non-hydrogen) atoms. The number of nitrogens with zero attached hydrogens (tertiary/aromatic N) is 3. The molecule has 1 aromatic heterocycles. The number of amides is 1. The van der Waals surface area contributed by atoms with Crippen molar-refractivity contribution in [2.75, 3.05) is 21.1 Å². The molecule has 2 saturated carbocycles. The largest absolute Gasteiger partial charge is 0.361 e. The monoisotopic (exact) mass is 291 g/mol. The van der Waals surface area contributed by atoms with E-state index < -0.39 is 0 Å². The van der Waals surface area contributed by atoms with Crippen molar-refractivity contribution in [2.45, 2.75) is 44.7 Å². The van der Waals surface area contributed by atoms with Crippen LogP contribution in [0.15, 0.2) is 10.6 Å². The Hall–Kier alpha value is -1.36. The average Bonchev–Trinajstić information content (AvgIpc) is 3.09. The van der Waals surface area contributed by atoms with Gasteiger partial charge in [-0.1, -0.05) is 5.16 Å². The van der Waals surface area contributed by atoms with Crippen LogP contribution < -0.4 is 0 Å². The topological polar surface area (TPSA) is 49.6 Å². The zero-order valence-corrected chi connectivity index (χ0v) is 13.4. The van der Waals surface area contributed by atoms with Crippen LogP contribution in [0.2, 0.25) is 0 Å². The van der Waals surface area contributed by atoms with E-state index in [-0.39, 0.29) is 5.91 Å². The molecule has 0 bridgehead atoms. The quantitative estimate of drug-likeness (QED) is 0.856. The molecule has 0 aromatic carbocycles. The zero-order valence-electron chi connectivity index (χ0n) is 13.4. The van der Waals surface area contributed by atoms with E-state index >= 15 is 0 Å². The zero-order chi connectivity index (χ0) is 15.1. The molecule has 1 amide bonds. The number of rotatable bonds is 3. The highest BCUT2D eigenvalue weighted by Crippen LogP contribution is 2.46. The highest BCUT2D eigenvalue weighted by Gasteiger charge is 2.44. The molecule has 5 heteroatoms. The molecule has 2 aliphatic rings. The molecule has 2 unspecified atom stereocenters. The van der Waals surface area contributed by atoms with Crippen molar-refractivity contribution in [3.8, 4) is 0 Å². The second kappa shape index (κ2) is 5.44. The van der Waals surface area contributed by atoms with E-state index in [4.69, 9.17) is 4.52 Å². The molecule has 0 aliphatic heterocycles. The van der Waals surface area contributed by atoms with Crippen molar-refractivity contribution < 1.29 is 9.32 Å². The van der Waals surface area contributed by atoms with Gasteiger partial charge in [-0.3, -0.25) is 4.79 Å². The molecule has 0 N–H and O–H groups in total. The van der Waals surface area contributed by atoms with Crippen molar-refractivity contribution in [2.24, 2.45) is 11.8 Å². The fourth-order valence-electron chi connectivity index (χ4n) is 4.10. The van der Waals surface area contributed by atoms with Gasteiger partial charge in [0.05, 0.1) is 0 Å². The molecule has 4 atom stereocenters. The molecule has 116 valence electrons. The summed E-state index contributed by atoms with van der Waals surface area (Å²) in [6, 6.07) is 2.80. The fraction of sp³-hybridized carbons (Fsp3) is 0.750. The van der Waals surface area contributed by atoms with Crippen LogP contribution in [-0.4, -0.2) is 54.1 Å². The number of carbonyl (C=O) groups is 1. The third-order valence-electron chi connectivity index (χ3n) is 5.41. The lowest BCUT2D eigenvalue weighted by molar-refractivity contribution is 0.0715. The van der Waals surface area contributed by atoms with Crippen LogP contribution in [0.4, 0.5) is 0 Å². The van der Waals surface area contributed by atoms with E-state index in [2.05, 4.69) is 24.2 Å². The molecular weight excluding hydrogens is 266 g/mol. The first kappa shape index (κ1) is 14.6. The Balaban J connectivity index is 1.61. The minimum absolute atomic E-state index is 0.0130. The Morgan fingerprint density at radius 1 is 1.14 bits per heavy atom. The lowest BCUT2D eigenvalue weighted by atomic mass is 10.0. The number of aryl methyl sites for hydroxylation is 1. The van der Waals surface area contributed by atoms with E-state index in [0.29, 0.717) is 17.5 Å². The summed E-state index contributed by atoms with van der Waals surface area (Å²) in [5.41, 5.74) is 0.429. The lowest BCUT2D eigenvalue weighted by Crippen LogP contribution is -2.36. The fourth-order valence-corrected chi connectivity index (χ4v) is 4.10. The van der Waals surface area contributed by atoms with Gasteiger partial charge in [0.15, 0.2) is 5.69 Å². The van der Waals surface area contributed by atoms with Gasteiger partial charge >= 0.3 is 0 Å². The summed E-state index contributed by atoms with van der Waals surface area (Å²) < 4.78 is 5.01. The first-order valence-corrected chi connectivity index (χ1v) is 7.82. The summed E-state index contributed by atoms with van der Waals surface area (Å²) in [4.78, 5) is 16.7. The van der Waals surface area contributed by atoms with Crippen molar-refractivity contribution in [1.29, 1.82) is 0 Å². The van der Waals surface area contributed by atoms with Crippen LogP contribution in [-0.2, 0) is 0 Å². The van der Waals surface area contributed by atoms with Crippen LogP contribution in [0.1, 0.15) is 41.9 Å². The van der Waals surface area contributed by atoms with Gasteiger partial charge in [-0.25, -0.2) is 0 Å². The molecule has 0 saturated heterocycles. The average molecular weight is 291 g/mol. The highest BCUT2D eigenvalue weighted by molar-refractivity contribution is 5.92. The number of hydrogen-bond donors (Lipinski definition) is 0. The molecular formula is C16H25N3O2. The van der Waals surface area contributed by atoms with Crippen molar-refractivity contribution in [3.63, 3.8) is 0 Å². The Labute approximate surface area is 126 Å². The normalized spacial score (nSPS) is 31.7. The summed E-state index contributed by atoms with van der Waals surface area (Å²) >= 11 is 0. The van der Waals surface area contributed by atoms with E-state index in [0.717, 1.165) is 30.7 Å². The van der Waals surface area contributed by atoms with Gasteiger partial charge in [0, 0.05) is 25.2 Å². The Bertz CT molecular complexity index is 511. The Morgan fingerprint density at radius 3 is 2.19 bits per heavy atom. The molecule has 2 aliphatic carbocycles. The van der Waals surface area contributed by atoms with E-state index in [1.807, 2.05) is 18.9 Å². The second-order valence-corrected chi connectivity index (χ2v) is 6.97. The van der Waals surface area contributed by atoms with Gasteiger partial charge in [0.1, 0.15) is 5.76 Å². The number of hydrogen-bond acceptors (Lipinski definition) is 4. The molecule has 0 radical (unpaired) electrons. The van der Waals surface area contributed by atoms with Gasteiger partial charge in [-0.2, -0.15) is 0 Å². The van der Waals surface area contributed by atoms with Crippen LogP contribution in [0.25, 0.3) is 0 Å². The van der Waals surface area contributed by atoms with Crippen LogP contribution in [0, 0.1) is 18.8 Å². The standard InChI is InChI=1S/C16H25N3O2/c1-10-5-15(17-21-10)16(20)19(4)14-8-11-6-13(18(2)3)7-12(11)9-14/h5,11-14H,6-9H2,1-4H3/t11-,12+,13?,14?. The first-order valence-electron chi connectivity index (χ1n) is 7.82.